The van der Waals surface area contributed by atoms with E-state index in [2.05, 4.69) is 15.3 Å². The number of rotatable bonds is 10. The van der Waals surface area contributed by atoms with Gasteiger partial charge in [0.15, 0.2) is 17.2 Å². The number of carbonyl (C=O) groups is 1. The molecule has 0 aliphatic heterocycles. The van der Waals surface area contributed by atoms with E-state index < -0.39 is 0 Å². The SMILES string of the molecule is COc1cc(C(=O)CC2CC2)ccc1-c1cnc2c(NCCCN)nc(-c3ccncc3)cn12. The Labute approximate surface area is 198 Å². The monoisotopic (exact) mass is 456 g/mol. The van der Waals surface area contributed by atoms with E-state index in [1.54, 1.807) is 19.5 Å². The smallest absolute Gasteiger partial charge is 0.180 e. The van der Waals surface area contributed by atoms with Crippen molar-refractivity contribution in [1.29, 1.82) is 0 Å². The van der Waals surface area contributed by atoms with Crippen LogP contribution in [0.25, 0.3) is 28.2 Å². The molecule has 0 saturated heterocycles. The highest BCUT2D eigenvalue weighted by molar-refractivity contribution is 5.97. The number of methoxy groups -OCH3 is 1. The Morgan fingerprint density at radius 1 is 1.24 bits per heavy atom. The van der Waals surface area contributed by atoms with Crippen LogP contribution in [0.5, 0.6) is 5.75 Å². The maximum Gasteiger partial charge on any atom is 0.180 e. The van der Waals surface area contributed by atoms with Gasteiger partial charge in [0, 0.05) is 48.2 Å². The number of benzene rings is 1. The summed E-state index contributed by atoms with van der Waals surface area (Å²) in [4.78, 5) is 26.2. The van der Waals surface area contributed by atoms with Crippen molar-refractivity contribution >= 4 is 17.2 Å². The van der Waals surface area contributed by atoms with Gasteiger partial charge in [-0.15, -0.1) is 0 Å². The molecule has 0 bridgehead atoms. The Kier molecular flexibility index (Phi) is 6.22. The first kappa shape index (κ1) is 22.0. The molecular weight excluding hydrogens is 428 g/mol. The number of pyridine rings is 1. The fourth-order valence-corrected chi connectivity index (χ4v) is 4.06. The molecule has 3 N–H and O–H groups in total. The molecule has 1 fully saturated rings. The molecule has 34 heavy (non-hydrogen) atoms. The topological polar surface area (TPSA) is 107 Å². The lowest BCUT2D eigenvalue weighted by Crippen LogP contribution is -2.11. The molecule has 4 aromatic rings. The highest BCUT2D eigenvalue weighted by Crippen LogP contribution is 2.36. The van der Waals surface area contributed by atoms with Gasteiger partial charge in [-0.05, 0) is 56.0 Å². The van der Waals surface area contributed by atoms with E-state index in [9.17, 15) is 4.79 Å². The van der Waals surface area contributed by atoms with Gasteiger partial charge < -0.3 is 15.8 Å². The largest absolute Gasteiger partial charge is 0.496 e. The summed E-state index contributed by atoms with van der Waals surface area (Å²) in [5.41, 5.74) is 10.5. The number of nitrogens with two attached hydrogens (primary N) is 1. The van der Waals surface area contributed by atoms with Crippen molar-refractivity contribution in [2.45, 2.75) is 25.7 Å². The van der Waals surface area contributed by atoms with Crippen LogP contribution >= 0.6 is 0 Å². The summed E-state index contributed by atoms with van der Waals surface area (Å²) in [5.74, 6) is 2.04. The maximum absolute atomic E-state index is 12.6. The molecule has 174 valence electrons. The minimum atomic E-state index is 0.168. The van der Waals surface area contributed by atoms with Crippen LogP contribution in [0.3, 0.4) is 0 Å². The number of fused-ring (bicyclic) bond motifs is 1. The normalized spacial score (nSPS) is 13.2. The van der Waals surface area contributed by atoms with Crippen molar-refractivity contribution in [2.75, 3.05) is 25.5 Å². The van der Waals surface area contributed by atoms with Crippen molar-refractivity contribution in [3.05, 3.63) is 60.7 Å². The number of nitrogens with zero attached hydrogens (tertiary/aromatic N) is 4. The fraction of sp³-hybridized carbons (Fsp3) is 0.308. The Balaban J connectivity index is 1.59. The number of hydrogen-bond acceptors (Lipinski definition) is 7. The maximum atomic E-state index is 12.6. The van der Waals surface area contributed by atoms with E-state index in [0.29, 0.717) is 48.2 Å². The van der Waals surface area contributed by atoms with E-state index in [0.717, 1.165) is 41.8 Å². The van der Waals surface area contributed by atoms with Crippen molar-refractivity contribution in [2.24, 2.45) is 11.7 Å². The van der Waals surface area contributed by atoms with Crippen LogP contribution in [0, 0.1) is 5.92 Å². The highest BCUT2D eigenvalue weighted by atomic mass is 16.5. The van der Waals surface area contributed by atoms with Crippen LogP contribution in [0.2, 0.25) is 0 Å². The summed E-state index contributed by atoms with van der Waals surface area (Å²) in [6.45, 7) is 1.29. The van der Waals surface area contributed by atoms with Crippen LogP contribution < -0.4 is 15.8 Å². The van der Waals surface area contributed by atoms with Crippen LogP contribution in [-0.2, 0) is 0 Å². The molecule has 0 amide bonds. The molecule has 0 atom stereocenters. The lowest BCUT2D eigenvalue weighted by molar-refractivity contribution is 0.0975. The zero-order valence-electron chi connectivity index (χ0n) is 19.2. The number of ketones is 1. The summed E-state index contributed by atoms with van der Waals surface area (Å²) in [6, 6.07) is 9.51. The zero-order valence-corrected chi connectivity index (χ0v) is 19.2. The van der Waals surface area contributed by atoms with Crippen LogP contribution in [-0.4, -0.2) is 45.3 Å². The third kappa shape index (κ3) is 4.49. The van der Waals surface area contributed by atoms with Gasteiger partial charge in [-0.1, -0.05) is 6.07 Å². The van der Waals surface area contributed by atoms with Gasteiger partial charge in [0.2, 0.25) is 0 Å². The van der Waals surface area contributed by atoms with Crippen molar-refractivity contribution in [1.82, 2.24) is 19.4 Å². The first-order chi connectivity index (χ1) is 16.7. The van der Waals surface area contributed by atoms with Crippen LogP contribution in [0.15, 0.2) is 55.1 Å². The first-order valence-corrected chi connectivity index (χ1v) is 11.6. The van der Waals surface area contributed by atoms with Crippen molar-refractivity contribution in [3.8, 4) is 28.3 Å². The van der Waals surface area contributed by atoms with Gasteiger partial charge in [0.1, 0.15) is 5.75 Å². The van der Waals surface area contributed by atoms with E-state index in [1.807, 2.05) is 47.1 Å². The molecule has 0 unspecified atom stereocenters. The molecule has 8 nitrogen and oxygen atoms in total. The van der Waals surface area contributed by atoms with Gasteiger partial charge in [0.05, 0.1) is 24.7 Å². The molecule has 3 heterocycles. The molecule has 3 aromatic heterocycles. The molecule has 1 aliphatic carbocycles. The van der Waals surface area contributed by atoms with E-state index in [-0.39, 0.29) is 5.78 Å². The average Bonchev–Trinajstić information content (AvgIpc) is 3.59. The summed E-state index contributed by atoms with van der Waals surface area (Å²) in [6.07, 6.45) is 11.0. The highest BCUT2D eigenvalue weighted by Gasteiger charge is 2.25. The predicted molar refractivity (Wildman–Crippen MR) is 132 cm³/mol. The Morgan fingerprint density at radius 2 is 2.06 bits per heavy atom. The molecule has 1 aliphatic rings. The number of Topliss-reactive ketones (excluding diaryl/α,β-unsaturated/α-hetero) is 1. The molecule has 1 saturated carbocycles. The number of hydrogen-bond donors (Lipinski definition) is 2. The third-order valence-corrected chi connectivity index (χ3v) is 6.11. The number of carbonyl (C=O) groups excluding carboxylic acids is 1. The number of nitrogens with one attached hydrogen (secondary N) is 1. The lowest BCUT2D eigenvalue weighted by atomic mass is 10.0. The molecule has 5 rings (SSSR count). The van der Waals surface area contributed by atoms with Gasteiger partial charge in [-0.2, -0.15) is 0 Å². The zero-order chi connectivity index (χ0) is 23.5. The standard InChI is InChI=1S/C26H28N6O2/c1-34-24-14-19(23(33)13-17-3-4-17)5-6-20(24)22-15-30-26-25(29-10-2-9-27)31-21(16-32(22)26)18-7-11-28-12-8-18/h5-8,11-12,14-17H,2-4,9-10,13,27H2,1H3,(H,29,31). The van der Waals surface area contributed by atoms with Crippen molar-refractivity contribution < 1.29 is 9.53 Å². The lowest BCUT2D eigenvalue weighted by Gasteiger charge is -2.13. The minimum absolute atomic E-state index is 0.168. The predicted octanol–water partition coefficient (Wildman–Crippen LogP) is 4.21. The first-order valence-electron chi connectivity index (χ1n) is 11.6. The van der Waals surface area contributed by atoms with Gasteiger partial charge in [-0.25, -0.2) is 9.97 Å². The number of anilines is 1. The molecule has 0 spiro atoms. The van der Waals surface area contributed by atoms with Gasteiger partial charge in [-0.3, -0.25) is 14.2 Å². The van der Waals surface area contributed by atoms with Gasteiger partial charge >= 0.3 is 0 Å². The molecule has 8 heteroatoms. The summed E-state index contributed by atoms with van der Waals surface area (Å²) in [7, 11) is 1.63. The number of imidazole rings is 1. The second-order valence-electron chi connectivity index (χ2n) is 8.60. The Bertz CT molecular complexity index is 1310. The third-order valence-electron chi connectivity index (χ3n) is 6.11. The summed E-state index contributed by atoms with van der Waals surface area (Å²) in [5, 5.41) is 3.37. The Hall–Kier alpha value is -3.78. The van der Waals surface area contributed by atoms with Gasteiger partial charge in [0.25, 0.3) is 0 Å². The molecular formula is C26H28N6O2. The fourth-order valence-electron chi connectivity index (χ4n) is 4.06. The van der Waals surface area contributed by atoms with Crippen molar-refractivity contribution in [3.63, 3.8) is 0 Å². The quantitative estimate of drug-likeness (QED) is 0.272. The molecule has 0 radical (unpaired) electrons. The summed E-state index contributed by atoms with van der Waals surface area (Å²) < 4.78 is 7.72. The number of ether oxygens (including phenoxy) is 1. The Morgan fingerprint density at radius 3 is 2.79 bits per heavy atom. The second kappa shape index (κ2) is 9.61. The number of aromatic nitrogens is 4. The second-order valence-corrected chi connectivity index (χ2v) is 8.60. The van der Waals surface area contributed by atoms with E-state index >= 15 is 0 Å². The minimum Gasteiger partial charge on any atom is -0.496 e. The summed E-state index contributed by atoms with van der Waals surface area (Å²) >= 11 is 0. The van der Waals surface area contributed by atoms with Crippen LogP contribution in [0.4, 0.5) is 5.82 Å². The average molecular weight is 457 g/mol. The van der Waals surface area contributed by atoms with Crippen LogP contribution in [0.1, 0.15) is 36.0 Å². The molecule has 1 aromatic carbocycles. The van der Waals surface area contributed by atoms with E-state index in [1.165, 1.54) is 0 Å². The van der Waals surface area contributed by atoms with E-state index in [4.69, 9.17) is 15.5 Å².